The molecular weight excluding hydrogens is 284 g/mol. The van der Waals surface area contributed by atoms with Crippen LogP contribution in [0.5, 0.6) is 0 Å². The topological polar surface area (TPSA) is 36.1 Å². The van der Waals surface area contributed by atoms with Crippen molar-refractivity contribution < 1.29 is 4.79 Å². The van der Waals surface area contributed by atoms with Crippen LogP contribution in [0.1, 0.15) is 35.0 Å². The zero-order valence-corrected chi connectivity index (χ0v) is 13.7. The third-order valence-electron chi connectivity index (χ3n) is 4.00. The van der Waals surface area contributed by atoms with Crippen molar-refractivity contribution >= 4 is 16.8 Å². The van der Waals surface area contributed by atoms with Crippen LogP contribution in [-0.4, -0.2) is 22.3 Å². The van der Waals surface area contributed by atoms with Crippen LogP contribution in [0.15, 0.2) is 54.6 Å². The van der Waals surface area contributed by atoms with Crippen LogP contribution in [0, 0.1) is 6.92 Å². The Morgan fingerprint density at radius 3 is 2.61 bits per heavy atom. The van der Waals surface area contributed by atoms with Crippen molar-refractivity contribution in [1.82, 2.24) is 9.88 Å². The molecule has 0 bridgehead atoms. The normalized spacial score (nSPS) is 10.9. The number of aromatic amines is 1. The van der Waals surface area contributed by atoms with Gasteiger partial charge in [0.25, 0.3) is 5.91 Å². The second kappa shape index (κ2) is 6.69. The van der Waals surface area contributed by atoms with E-state index >= 15 is 0 Å². The average molecular weight is 306 g/mol. The second-order valence-electron chi connectivity index (χ2n) is 5.99. The van der Waals surface area contributed by atoms with Crippen LogP contribution in [0.25, 0.3) is 10.9 Å². The van der Waals surface area contributed by atoms with Gasteiger partial charge in [0.2, 0.25) is 0 Å². The lowest BCUT2D eigenvalue weighted by atomic mass is 10.2. The third kappa shape index (κ3) is 3.45. The van der Waals surface area contributed by atoms with Gasteiger partial charge in [0.15, 0.2) is 0 Å². The lowest BCUT2D eigenvalue weighted by Gasteiger charge is -2.21. The summed E-state index contributed by atoms with van der Waals surface area (Å²) in [4.78, 5) is 18.1. The van der Waals surface area contributed by atoms with Crippen molar-refractivity contribution in [3.05, 3.63) is 71.4 Å². The number of nitrogens with zero attached hydrogens (tertiary/aromatic N) is 1. The standard InChI is InChI=1S/C20H22N2O/c1-3-11-22(14-16-7-5-4-6-8-16)20(23)19-13-17-12-15(2)9-10-18(17)21-19/h4-10,12-13,21H,3,11,14H2,1-2H3. The van der Waals surface area contributed by atoms with Gasteiger partial charge in [-0.05, 0) is 37.1 Å². The predicted molar refractivity (Wildman–Crippen MR) is 94.5 cm³/mol. The third-order valence-corrected chi connectivity index (χ3v) is 4.00. The smallest absolute Gasteiger partial charge is 0.270 e. The number of hydrogen-bond donors (Lipinski definition) is 1. The van der Waals surface area contributed by atoms with E-state index in [1.807, 2.05) is 35.2 Å². The summed E-state index contributed by atoms with van der Waals surface area (Å²) in [5.41, 5.74) is 4.02. The van der Waals surface area contributed by atoms with E-state index in [-0.39, 0.29) is 5.91 Å². The first kappa shape index (κ1) is 15.3. The molecule has 0 spiro atoms. The fourth-order valence-electron chi connectivity index (χ4n) is 2.86. The highest BCUT2D eigenvalue weighted by atomic mass is 16.2. The van der Waals surface area contributed by atoms with Gasteiger partial charge in [-0.25, -0.2) is 0 Å². The first-order chi connectivity index (χ1) is 11.2. The average Bonchev–Trinajstić information content (AvgIpc) is 2.98. The van der Waals surface area contributed by atoms with Crippen LogP contribution in [0.4, 0.5) is 0 Å². The first-order valence-corrected chi connectivity index (χ1v) is 8.10. The number of benzene rings is 2. The Bertz CT molecular complexity index is 805. The van der Waals surface area contributed by atoms with E-state index in [9.17, 15) is 4.79 Å². The highest BCUT2D eigenvalue weighted by Gasteiger charge is 2.17. The van der Waals surface area contributed by atoms with Crippen molar-refractivity contribution in [2.24, 2.45) is 0 Å². The maximum atomic E-state index is 12.9. The molecule has 2 aromatic carbocycles. The number of amides is 1. The Kier molecular flexibility index (Phi) is 4.47. The van der Waals surface area contributed by atoms with Crippen LogP contribution < -0.4 is 0 Å². The SMILES string of the molecule is CCCN(Cc1ccccc1)C(=O)c1cc2cc(C)ccc2[nH]1. The maximum Gasteiger partial charge on any atom is 0.270 e. The van der Waals surface area contributed by atoms with E-state index in [4.69, 9.17) is 0 Å². The molecule has 3 rings (SSSR count). The molecule has 0 fully saturated rings. The molecule has 0 aliphatic rings. The lowest BCUT2D eigenvalue weighted by molar-refractivity contribution is 0.0738. The number of H-pyrrole nitrogens is 1. The molecule has 0 saturated carbocycles. The fraction of sp³-hybridized carbons (Fsp3) is 0.250. The molecule has 0 saturated heterocycles. The maximum absolute atomic E-state index is 12.9. The van der Waals surface area contributed by atoms with Crippen molar-refractivity contribution in [3.8, 4) is 0 Å². The zero-order chi connectivity index (χ0) is 16.2. The molecule has 1 heterocycles. The lowest BCUT2D eigenvalue weighted by Crippen LogP contribution is -2.31. The molecule has 23 heavy (non-hydrogen) atoms. The molecule has 118 valence electrons. The van der Waals surface area contributed by atoms with E-state index in [1.54, 1.807) is 0 Å². The predicted octanol–water partition coefficient (Wildman–Crippen LogP) is 4.53. The van der Waals surface area contributed by atoms with E-state index in [2.05, 4.69) is 43.1 Å². The number of hydrogen-bond acceptors (Lipinski definition) is 1. The van der Waals surface area contributed by atoms with E-state index in [1.165, 1.54) is 5.56 Å². The monoisotopic (exact) mass is 306 g/mol. The molecule has 1 amide bonds. The summed E-state index contributed by atoms with van der Waals surface area (Å²) in [6.07, 6.45) is 0.942. The van der Waals surface area contributed by atoms with Crippen molar-refractivity contribution in [1.29, 1.82) is 0 Å². The van der Waals surface area contributed by atoms with Gasteiger partial charge in [0.1, 0.15) is 5.69 Å². The second-order valence-corrected chi connectivity index (χ2v) is 5.99. The van der Waals surface area contributed by atoms with E-state index in [0.29, 0.717) is 12.2 Å². The van der Waals surface area contributed by atoms with Gasteiger partial charge in [0.05, 0.1) is 0 Å². The summed E-state index contributed by atoms with van der Waals surface area (Å²) < 4.78 is 0. The Morgan fingerprint density at radius 1 is 1.09 bits per heavy atom. The largest absolute Gasteiger partial charge is 0.351 e. The number of rotatable bonds is 5. The van der Waals surface area contributed by atoms with Gasteiger partial charge in [-0.15, -0.1) is 0 Å². The molecule has 3 nitrogen and oxygen atoms in total. The Hall–Kier alpha value is -2.55. The van der Waals surface area contributed by atoms with E-state index < -0.39 is 0 Å². The number of aromatic nitrogens is 1. The highest BCUT2D eigenvalue weighted by Crippen LogP contribution is 2.19. The molecule has 1 N–H and O–H groups in total. The highest BCUT2D eigenvalue weighted by molar-refractivity contribution is 5.98. The van der Waals surface area contributed by atoms with Crippen LogP contribution in [0.2, 0.25) is 0 Å². The van der Waals surface area contributed by atoms with Crippen LogP contribution in [0.3, 0.4) is 0 Å². The number of fused-ring (bicyclic) bond motifs is 1. The van der Waals surface area contributed by atoms with Gasteiger partial charge in [-0.3, -0.25) is 4.79 Å². The Labute approximate surface area is 136 Å². The van der Waals surface area contributed by atoms with Crippen LogP contribution in [-0.2, 0) is 6.54 Å². The summed E-state index contributed by atoms with van der Waals surface area (Å²) >= 11 is 0. The quantitative estimate of drug-likeness (QED) is 0.738. The first-order valence-electron chi connectivity index (χ1n) is 8.10. The van der Waals surface area contributed by atoms with Gasteiger partial charge in [-0.1, -0.05) is 48.9 Å². The molecule has 1 aromatic heterocycles. The molecule has 3 aromatic rings. The minimum absolute atomic E-state index is 0.0598. The summed E-state index contributed by atoms with van der Waals surface area (Å²) in [6, 6.07) is 18.3. The Morgan fingerprint density at radius 2 is 1.87 bits per heavy atom. The van der Waals surface area contributed by atoms with Crippen molar-refractivity contribution in [2.45, 2.75) is 26.8 Å². The summed E-state index contributed by atoms with van der Waals surface area (Å²) in [6.45, 7) is 5.55. The number of aryl methyl sites for hydroxylation is 1. The van der Waals surface area contributed by atoms with Gasteiger partial charge < -0.3 is 9.88 Å². The minimum Gasteiger partial charge on any atom is -0.351 e. The van der Waals surface area contributed by atoms with Crippen LogP contribution >= 0.6 is 0 Å². The zero-order valence-electron chi connectivity index (χ0n) is 13.7. The molecule has 3 heteroatoms. The van der Waals surface area contributed by atoms with Gasteiger partial charge in [0, 0.05) is 24.0 Å². The number of carbonyl (C=O) groups is 1. The fourth-order valence-corrected chi connectivity index (χ4v) is 2.86. The molecule has 0 aliphatic heterocycles. The number of nitrogens with one attached hydrogen (secondary N) is 1. The molecular formula is C20H22N2O. The minimum atomic E-state index is 0.0598. The summed E-state index contributed by atoms with van der Waals surface area (Å²) in [5, 5.41) is 1.09. The molecule has 0 aliphatic carbocycles. The van der Waals surface area contributed by atoms with Crippen molar-refractivity contribution in [2.75, 3.05) is 6.54 Å². The number of carbonyl (C=O) groups excluding carboxylic acids is 1. The van der Waals surface area contributed by atoms with Gasteiger partial charge in [-0.2, -0.15) is 0 Å². The summed E-state index contributed by atoms with van der Waals surface area (Å²) in [7, 11) is 0. The Balaban J connectivity index is 1.87. The van der Waals surface area contributed by atoms with E-state index in [0.717, 1.165) is 29.4 Å². The van der Waals surface area contributed by atoms with Crippen molar-refractivity contribution in [3.63, 3.8) is 0 Å². The van der Waals surface area contributed by atoms with Gasteiger partial charge >= 0.3 is 0 Å². The molecule has 0 radical (unpaired) electrons. The summed E-state index contributed by atoms with van der Waals surface area (Å²) in [5.74, 6) is 0.0598. The molecule has 0 unspecified atom stereocenters. The molecule has 0 atom stereocenters.